The molecule has 20 heavy (non-hydrogen) atoms. The largest absolute Gasteiger partial charge is 0.385 e. The van der Waals surface area contributed by atoms with E-state index in [0.717, 1.165) is 29.0 Å². The van der Waals surface area contributed by atoms with Crippen LogP contribution >= 0.6 is 0 Å². The molecule has 2 heteroatoms. The zero-order chi connectivity index (χ0) is 13.9. The second kappa shape index (κ2) is 5.33. The van der Waals surface area contributed by atoms with E-state index < -0.39 is 0 Å². The first-order valence-electron chi connectivity index (χ1n) is 6.98. The van der Waals surface area contributed by atoms with Crippen LogP contribution in [0.5, 0.6) is 0 Å². The summed E-state index contributed by atoms with van der Waals surface area (Å²) in [5.41, 5.74) is 5.62. The average molecular weight is 262 g/mol. The summed E-state index contributed by atoms with van der Waals surface area (Å²) in [5.74, 6) is 0. The number of fused-ring (bicyclic) bond motifs is 1. The van der Waals surface area contributed by atoms with Gasteiger partial charge in [0.05, 0.1) is 11.2 Å². The van der Waals surface area contributed by atoms with Gasteiger partial charge in [-0.05, 0) is 44.2 Å². The highest BCUT2D eigenvalue weighted by Gasteiger charge is 2.02. The van der Waals surface area contributed by atoms with Gasteiger partial charge in [0.15, 0.2) is 0 Å². The predicted octanol–water partition coefficient (Wildman–Crippen LogP) is 4.64. The van der Waals surface area contributed by atoms with Gasteiger partial charge in [0.25, 0.3) is 0 Å². The summed E-state index contributed by atoms with van der Waals surface area (Å²) in [4.78, 5) is 4.74. The molecule has 0 bridgehead atoms. The van der Waals surface area contributed by atoms with Crippen molar-refractivity contribution >= 4 is 16.6 Å². The Hall–Kier alpha value is -2.35. The summed E-state index contributed by atoms with van der Waals surface area (Å²) in [6, 6.07) is 19.0. The van der Waals surface area contributed by atoms with E-state index in [-0.39, 0.29) is 0 Å². The number of pyridine rings is 1. The lowest BCUT2D eigenvalue weighted by molar-refractivity contribution is 1.21. The maximum absolute atomic E-state index is 4.74. The van der Waals surface area contributed by atoms with Gasteiger partial charge in [-0.15, -0.1) is 0 Å². The van der Waals surface area contributed by atoms with Crippen molar-refractivity contribution in [1.29, 1.82) is 0 Å². The van der Waals surface area contributed by atoms with Crippen LogP contribution in [0.3, 0.4) is 0 Å². The van der Waals surface area contributed by atoms with Gasteiger partial charge in [0.2, 0.25) is 0 Å². The first-order chi connectivity index (χ1) is 9.76. The minimum Gasteiger partial charge on any atom is -0.385 e. The number of nitrogens with one attached hydrogen (secondary N) is 1. The molecule has 0 fully saturated rings. The number of hydrogen-bond donors (Lipinski definition) is 1. The van der Waals surface area contributed by atoms with Crippen molar-refractivity contribution in [3.8, 4) is 11.3 Å². The molecule has 0 amide bonds. The number of nitrogens with zero attached hydrogens (tertiary/aromatic N) is 1. The van der Waals surface area contributed by atoms with Crippen LogP contribution in [0.4, 0.5) is 5.69 Å². The zero-order valence-corrected chi connectivity index (χ0v) is 11.9. The molecule has 3 aromatic rings. The monoisotopic (exact) mass is 262 g/mol. The van der Waals surface area contributed by atoms with Crippen LogP contribution in [-0.4, -0.2) is 11.5 Å². The Morgan fingerprint density at radius 2 is 1.75 bits per heavy atom. The Morgan fingerprint density at radius 1 is 0.950 bits per heavy atom. The summed E-state index contributed by atoms with van der Waals surface area (Å²) >= 11 is 0. The maximum atomic E-state index is 4.74. The normalized spacial score (nSPS) is 10.7. The average Bonchev–Trinajstić information content (AvgIpc) is 2.48. The van der Waals surface area contributed by atoms with E-state index in [0.29, 0.717) is 0 Å². The smallest absolute Gasteiger partial charge is 0.0709 e. The van der Waals surface area contributed by atoms with Gasteiger partial charge in [-0.25, -0.2) is 4.98 Å². The number of rotatable bonds is 3. The van der Waals surface area contributed by atoms with Gasteiger partial charge in [0.1, 0.15) is 0 Å². The van der Waals surface area contributed by atoms with Crippen molar-refractivity contribution in [3.05, 3.63) is 60.2 Å². The molecule has 0 unspecified atom stereocenters. The molecule has 0 aliphatic heterocycles. The quantitative estimate of drug-likeness (QED) is 0.743. The molecule has 0 saturated carbocycles. The van der Waals surface area contributed by atoms with E-state index in [1.54, 1.807) is 0 Å². The molecular weight excluding hydrogens is 244 g/mol. The Kier molecular flexibility index (Phi) is 3.38. The molecule has 0 saturated heterocycles. The molecule has 1 N–H and O–H groups in total. The second-order valence-electron chi connectivity index (χ2n) is 5.00. The SMILES string of the molecule is CCNc1ccc(-c2ccc3cc(C)ccc3n2)cc1. The minimum absolute atomic E-state index is 0.937. The topological polar surface area (TPSA) is 24.9 Å². The fourth-order valence-electron chi connectivity index (χ4n) is 2.37. The van der Waals surface area contributed by atoms with Crippen molar-refractivity contribution < 1.29 is 0 Å². The first-order valence-corrected chi connectivity index (χ1v) is 6.98. The van der Waals surface area contributed by atoms with Crippen LogP contribution in [0.25, 0.3) is 22.2 Å². The predicted molar refractivity (Wildman–Crippen MR) is 86.1 cm³/mol. The highest BCUT2D eigenvalue weighted by Crippen LogP contribution is 2.23. The zero-order valence-electron chi connectivity index (χ0n) is 11.9. The Labute approximate surface area is 119 Å². The van der Waals surface area contributed by atoms with Crippen molar-refractivity contribution in [2.24, 2.45) is 0 Å². The molecule has 0 aliphatic carbocycles. The van der Waals surface area contributed by atoms with Crippen molar-refractivity contribution in [2.45, 2.75) is 13.8 Å². The fourth-order valence-corrected chi connectivity index (χ4v) is 2.37. The third kappa shape index (κ3) is 2.50. The summed E-state index contributed by atoms with van der Waals surface area (Å²) in [7, 11) is 0. The van der Waals surface area contributed by atoms with Gasteiger partial charge >= 0.3 is 0 Å². The van der Waals surface area contributed by atoms with Gasteiger partial charge < -0.3 is 5.32 Å². The molecule has 0 radical (unpaired) electrons. The third-order valence-electron chi connectivity index (χ3n) is 3.41. The standard InChI is InChI=1S/C18H18N2/c1-3-19-16-8-5-14(6-9-16)17-11-7-15-12-13(2)4-10-18(15)20-17/h4-12,19H,3H2,1-2H3. The lowest BCUT2D eigenvalue weighted by Gasteiger charge is -2.06. The molecule has 0 aliphatic rings. The van der Waals surface area contributed by atoms with Gasteiger partial charge in [-0.2, -0.15) is 0 Å². The van der Waals surface area contributed by atoms with Crippen LogP contribution in [0.1, 0.15) is 12.5 Å². The Bertz CT molecular complexity index is 730. The van der Waals surface area contributed by atoms with Gasteiger partial charge in [0, 0.05) is 23.2 Å². The molecule has 0 atom stereocenters. The fraction of sp³-hybridized carbons (Fsp3) is 0.167. The molecule has 3 rings (SSSR count). The number of anilines is 1. The maximum Gasteiger partial charge on any atom is 0.0709 e. The summed E-state index contributed by atoms with van der Waals surface area (Å²) < 4.78 is 0. The number of aromatic nitrogens is 1. The van der Waals surface area contributed by atoms with Crippen molar-refractivity contribution in [1.82, 2.24) is 4.98 Å². The van der Waals surface area contributed by atoms with E-state index in [2.05, 4.69) is 73.8 Å². The van der Waals surface area contributed by atoms with E-state index >= 15 is 0 Å². The molecule has 2 nitrogen and oxygen atoms in total. The van der Waals surface area contributed by atoms with Crippen LogP contribution in [0.15, 0.2) is 54.6 Å². The highest BCUT2D eigenvalue weighted by molar-refractivity contribution is 5.82. The van der Waals surface area contributed by atoms with Crippen LogP contribution in [0.2, 0.25) is 0 Å². The second-order valence-corrected chi connectivity index (χ2v) is 5.00. The third-order valence-corrected chi connectivity index (χ3v) is 3.41. The highest BCUT2D eigenvalue weighted by atomic mass is 14.8. The minimum atomic E-state index is 0.937. The number of hydrogen-bond acceptors (Lipinski definition) is 2. The molecule has 100 valence electrons. The molecule has 0 spiro atoms. The summed E-state index contributed by atoms with van der Waals surface area (Å²) in [6.07, 6.45) is 0. The Morgan fingerprint density at radius 3 is 2.50 bits per heavy atom. The lowest BCUT2D eigenvalue weighted by atomic mass is 10.1. The first kappa shape index (κ1) is 12.7. The van der Waals surface area contributed by atoms with E-state index in [1.165, 1.54) is 10.9 Å². The summed E-state index contributed by atoms with van der Waals surface area (Å²) in [6.45, 7) is 5.14. The van der Waals surface area contributed by atoms with E-state index in [4.69, 9.17) is 4.98 Å². The number of aryl methyl sites for hydroxylation is 1. The van der Waals surface area contributed by atoms with Gasteiger partial charge in [-0.3, -0.25) is 0 Å². The molecular formula is C18H18N2. The van der Waals surface area contributed by atoms with Crippen molar-refractivity contribution in [2.75, 3.05) is 11.9 Å². The number of benzene rings is 2. The summed E-state index contributed by atoms with van der Waals surface area (Å²) in [5, 5.41) is 4.49. The van der Waals surface area contributed by atoms with Crippen LogP contribution < -0.4 is 5.32 Å². The molecule has 1 heterocycles. The van der Waals surface area contributed by atoms with E-state index in [1.807, 2.05) is 0 Å². The Balaban J connectivity index is 1.99. The lowest BCUT2D eigenvalue weighted by Crippen LogP contribution is -1.95. The molecule has 2 aromatic carbocycles. The van der Waals surface area contributed by atoms with Crippen LogP contribution in [-0.2, 0) is 0 Å². The van der Waals surface area contributed by atoms with Gasteiger partial charge in [-0.1, -0.05) is 29.8 Å². The van der Waals surface area contributed by atoms with E-state index in [9.17, 15) is 0 Å². The van der Waals surface area contributed by atoms with Crippen molar-refractivity contribution in [3.63, 3.8) is 0 Å². The van der Waals surface area contributed by atoms with Crippen LogP contribution in [0, 0.1) is 6.92 Å². The molecule has 1 aromatic heterocycles.